The molecule has 1 radical (unpaired) electrons. The van der Waals surface area contributed by atoms with Crippen molar-refractivity contribution in [2.45, 2.75) is 13.3 Å². The van der Waals surface area contributed by atoms with E-state index < -0.39 is 0 Å². The highest BCUT2D eigenvalue weighted by Crippen LogP contribution is 2.16. The molecule has 0 aliphatic rings. The number of rotatable bonds is 4. The van der Waals surface area contributed by atoms with Crippen molar-refractivity contribution in [1.82, 2.24) is 0 Å². The first-order valence-electron chi connectivity index (χ1n) is 5.88. The average molecular weight is 227 g/mol. The van der Waals surface area contributed by atoms with Crippen LogP contribution in [0.3, 0.4) is 0 Å². The summed E-state index contributed by atoms with van der Waals surface area (Å²) in [4.78, 5) is 0. The highest BCUT2D eigenvalue weighted by Gasteiger charge is 2.05. The Hall–Kier alpha value is -1.63. The minimum absolute atomic E-state index is 0.183. The van der Waals surface area contributed by atoms with Crippen LogP contribution >= 0.6 is 0 Å². The summed E-state index contributed by atoms with van der Waals surface area (Å²) in [6.45, 7) is 2.18. The summed E-state index contributed by atoms with van der Waals surface area (Å²) in [7, 11) is 0. The molecule has 0 aliphatic heterocycles. The summed E-state index contributed by atoms with van der Waals surface area (Å²) in [5.74, 6) is 0.265. The van der Waals surface area contributed by atoms with Crippen molar-refractivity contribution in [2.75, 3.05) is 0 Å². The van der Waals surface area contributed by atoms with Gasteiger partial charge in [-0.2, -0.15) is 0 Å². The summed E-state index contributed by atoms with van der Waals surface area (Å²) in [5.41, 5.74) is 2.41. The third-order valence-electron chi connectivity index (χ3n) is 2.75. The first kappa shape index (κ1) is 11.8. The number of halogens is 1. The Morgan fingerprint density at radius 3 is 2.29 bits per heavy atom. The van der Waals surface area contributed by atoms with Crippen LogP contribution in [0.15, 0.2) is 54.6 Å². The van der Waals surface area contributed by atoms with E-state index in [4.69, 9.17) is 0 Å². The average Bonchev–Trinajstić information content (AvgIpc) is 2.33. The van der Waals surface area contributed by atoms with Gasteiger partial charge in [-0.15, -0.1) is 0 Å². The SMILES string of the molecule is CC([CH]c1ccc(F)cc1)Cc1ccccc1. The van der Waals surface area contributed by atoms with Gasteiger partial charge >= 0.3 is 0 Å². The van der Waals surface area contributed by atoms with Gasteiger partial charge in [0.05, 0.1) is 0 Å². The van der Waals surface area contributed by atoms with Crippen LogP contribution in [-0.4, -0.2) is 0 Å². The molecule has 1 unspecified atom stereocenters. The Kier molecular flexibility index (Phi) is 3.92. The quantitative estimate of drug-likeness (QED) is 0.732. The molecule has 0 fully saturated rings. The van der Waals surface area contributed by atoms with E-state index >= 15 is 0 Å². The second-order valence-electron chi connectivity index (χ2n) is 4.39. The van der Waals surface area contributed by atoms with Crippen molar-refractivity contribution < 1.29 is 4.39 Å². The zero-order valence-corrected chi connectivity index (χ0v) is 9.94. The van der Waals surface area contributed by atoms with E-state index in [2.05, 4.69) is 37.6 Å². The van der Waals surface area contributed by atoms with Gasteiger partial charge in [-0.1, -0.05) is 49.4 Å². The van der Waals surface area contributed by atoms with Crippen LogP contribution in [0.1, 0.15) is 18.1 Å². The van der Waals surface area contributed by atoms with Crippen LogP contribution in [0, 0.1) is 18.2 Å². The van der Waals surface area contributed by atoms with E-state index in [-0.39, 0.29) is 5.82 Å². The summed E-state index contributed by atoms with van der Waals surface area (Å²) >= 11 is 0. The Bertz CT molecular complexity index is 445. The fraction of sp³-hybridized carbons (Fsp3) is 0.188. The summed E-state index contributed by atoms with van der Waals surface area (Å²) in [6, 6.07) is 17.0. The molecule has 0 saturated heterocycles. The molecular weight excluding hydrogens is 211 g/mol. The van der Waals surface area contributed by atoms with E-state index in [0.29, 0.717) is 5.92 Å². The third kappa shape index (κ3) is 3.70. The van der Waals surface area contributed by atoms with E-state index in [1.807, 2.05) is 18.2 Å². The van der Waals surface area contributed by atoms with Crippen LogP contribution in [0.2, 0.25) is 0 Å². The van der Waals surface area contributed by atoms with Crippen molar-refractivity contribution in [2.24, 2.45) is 5.92 Å². The van der Waals surface area contributed by atoms with Crippen LogP contribution in [0.4, 0.5) is 4.39 Å². The first-order chi connectivity index (χ1) is 8.24. The van der Waals surface area contributed by atoms with Crippen molar-refractivity contribution >= 4 is 0 Å². The molecule has 1 heteroatoms. The smallest absolute Gasteiger partial charge is 0.123 e. The largest absolute Gasteiger partial charge is 0.207 e. The lowest BCUT2D eigenvalue weighted by Gasteiger charge is -2.11. The fourth-order valence-corrected chi connectivity index (χ4v) is 1.95. The molecule has 0 aliphatic carbocycles. The summed E-state index contributed by atoms with van der Waals surface area (Å²) in [5, 5.41) is 0. The minimum atomic E-state index is -0.183. The standard InChI is InChI=1S/C16H16F/c1-13(11-14-5-3-2-4-6-14)12-15-7-9-16(17)10-8-15/h2-10,12-13H,11H2,1H3. The van der Waals surface area contributed by atoms with Gasteiger partial charge in [-0.3, -0.25) is 0 Å². The molecule has 0 aromatic heterocycles. The maximum Gasteiger partial charge on any atom is 0.123 e. The van der Waals surface area contributed by atoms with Crippen molar-refractivity contribution in [3.63, 3.8) is 0 Å². The maximum absolute atomic E-state index is 12.8. The highest BCUT2D eigenvalue weighted by atomic mass is 19.1. The predicted molar refractivity (Wildman–Crippen MR) is 69.1 cm³/mol. The zero-order valence-electron chi connectivity index (χ0n) is 9.94. The molecule has 2 aromatic carbocycles. The molecule has 0 N–H and O–H groups in total. The highest BCUT2D eigenvalue weighted by molar-refractivity contribution is 5.25. The van der Waals surface area contributed by atoms with Gasteiger partial charge in [0.15, 0.2) is 0 Å². The van der Waals surface area contributed by atoms with Gasteiger partial charge in [0.1, 0.15) is 5.82 Å². The van der Waals surface area contributed by atoms with Crippen LogP contribution in [0.5, 0.6) is 0 Å². The molecule has 0 spiro atoms. The molecule has 0 saturated carbocycles. The second kappa shape index (κ2) is 5.62. The van der Waals surface area contributed by atoms with Crippen LogP contribution in [0.25, 0.3) is 0 Å². The van der Waals surface area contributed by atoms with Crippen LogP contribution < -0.4 is 0 Å². The van der Waals surface area contributed by atoms with Gasteiger partial charge in [-0.05, 0) is 42.0 Å². The Balaban J connectivity index is 1.93. The molecule has 0 bridgehead atoms. The van der Waals surface area contributed by atoms with Gasteiger partial charge in [0, 0.05) is 0 Å². The van der Waals surface area contributed by atoms with E-state index in [9.17, 15) is 4.39 Å². The van der Waals surface area contributed by atoms with Gasteiger partial charge < -0.3 is 0 Å². The van der Waals surface area contributed by atoms with Crippen molar-refractivity contribution in [1.29, 1.82) is 0 Å². The molecule has 2 rings (SSSR count). The van der Waals surface area contributed by atoms with Crippen molar-refractivity contribution in [3.05, 3.63) is 78.0 Å². The maximum atomic E-state index is 12.8. The van der Waals surface area contributed by atoms with Crippen molar-refractivity contribution in [3.8, 4) is 0 Å². The molecule has 2 aromatic rings. The molecule has 0 amide bonds. The Morgan fingerprint density at radius 1 is 1.00 bits per heavy atom. The normalized spacial score (nSPS) is 12.4. The molecule has 0 nitrogen and oxygen atoms in total. The van der Waals surface area contributed by atoms with Gasteiger partial charge in [0.25, 0.3) is 0 Å². The van der Waals surface area contributed by atoms with Crippen LogP contribution in [-0.2, 0) is 6.42 Å². The molecule has 87 valence electrons. The Morgan fingerprint density at radius 2 is 1.65 bits per heavy atom. The minimum Gasteiger partial charge on any atom is -0.207 e. The first-order valence-corrected chi connectivity index (χ1v) is 5.88. The number of hydrogen-bond donors (Lipinski definition) is 0. The van der Waals surface area contributed by atoms with Gasteiger partial charge in [0.2, 0.25) is 0 Å². The predicted octanol–water partition coefficient (Wildman–Crippen LogP) is 4.26. The summed E-state index contributed by atoms with van der Waals surface area (Å²) in [6.07, 6.45) is 3.19. The lowest BCUT2D eigenvalue weighted by atomic mass is 9.94. The molecule has 1 atom stereocenters. The zero-order chi connectivity index (χ0) is 12.1. The monoisotopic (exact) mass is 227 g/mol. The van der Waals surface area contributed by atoms with E-state index in [1.54, 1.807) is 0 Å². The Labute approximate surface area is 102 Å². The molecular formula is C16H16F. The number of hydrogen-bond acceptors (Lipinski definition) is 0. The second-order valence-corrected chi connectivity index (χ2v) is 4.39. The topological polar surface area (TPSA) is 0 Å². The number of benzene rings is 2. The lowest BCUT2D eigenvalue weighted by Crippen LogP contribution is -2.01. The fourth-order valence-electron chi connectivity index (χ4n) is 1.95. The summed E-state index contributed by atoms with van der Waals surface area (Å²) < 4.78 is 12.8. The lowest BCUT2D eigenvalue weighted by molar-refractivity contribution is 0.626. The third-order valence-corrected chi connectivity index (χ3v) is 2.75. The van der Waals surface area contributed by atoms with E-state index in [1.165, 1.54) is 17.7 Å². The molecule has 0 heterocycles. The van der Waals surface area contributed by atoms with E-state index in [0.717, 1.165) is 12.0 Å². The molecule has 17 heavy (non-hydrogen) atoms. The van der Waals surface area contributed by atoms with Gasteiger partial charge in [-0.25, -0.2) is 4.39 Å².